The van der Waals surface area contributed by atoms with Crippen LogP contribution >= 0.6 is 0 Å². The van der Waals surface area contributed by atoms with Gasteiger partial charge in [0.15, 0.2) is 0 Å². The van der Waals surface area contributed by atoms with Gasteiger partial charge in [0.2, 0.25) is 0 Å². The van der Waals surface area contributed by atoms with E-state index < -0.39 is 0 Å². The lowest BCUT2D eigenvalue weighted by molar-refractivity contribution is 0.328. The highest BCUT2D eigenvalue weighted by Gasteiger charge is 2.23. The minimum atomic E-state index is -0.120. The summed E-state index contributed by atoms with van der Waals surface area (Å²) in [6, 6.07) is 6.01. The summed E-state index contributed by atoms with van der Waals surface area (Å²) in [4.78, 5) is 2.18. The number of fused-ring (bicyclic) bond motifs is 1. The van der Waals surface area contributed by atoms with Crippen molar-refractivity contribution in [2.45, 2.75) is 31.8 Å². The van der Waals surface area contributed by atoms with Crippen molar-refractivity contribution >= 4 is 0 Å². The molecule has 3 heteroatoms. The molecule has 0 saturated carbocycles. The van der Waals surface area contributed by atoms with Crippen LogP contribution in [0.4, 0.5) is 4.39 Å². The lowest BCUT2D eigenvalue weighted by Gasteiger charge is -2.23. The van der Waals surface area contributed by atoms with E-state index in [1.807, 2.05) is 6.07 Å². The van der Waals surface area contributed by atoms with Gasteiger partial charge in [-0.25, -0.2) is 4.39 Å². The van der Waals surface area contributed by atoms with Crippen LogP contribution in [0.2, 0.25) is 0 Å². The molecule has 2 unspecified atom stereocenters. The van der Waals surface area contributed by atoms with Gasteiger partial charge in [0.25, 0.3) is 0 Å². The second-order valence-electron chi connectivity index (χ2n) is 5.26. The standard InChI is InChI=1S/C14H21FN2/c1-10(9-17(2)3)16-14-7-4-11-8-12(15)5-6-13(11)14/h5-6,8,10,14,16H,4,7,9H2,1-3H3. The molecule has 0 radical (unpaired) electrons. The Bertz CT molecular complexity index is 390. The largest absolute Gasteiger partial charge is 0.308 e. The van der Waals surface area contributed by atoms with Gasteiger partial charge in [0, 0.05) is 18.6 Å². The van der Waals surface area contributed by atoms with Gasteiger partial charge in [0.1, 0.15) is 5.82 Å². The van der Waals surface area contributed by atoms with Crippen LogP contribution in [0.1, 0.15) is 30.5 Å². The van der Waals surface area contributed by atoms with E-state index in [9.17, 15) is 4.39 Å². The molecule has 2 atom stereocenters. The number of halogens is 1. The molecule has 17 heavy (non-hydrogen) atoms. The molecule has 0 heterocycles. The summed E-state index contributed by atoms with van der Waals surface area (Å²) in [6.45, 7) is 3.22. The fourth-order valence-electron chi connectivity index (χ4n) is 2.70. The van der Waals surface area contributed by atoms with Crippen LogP contribution in [0, 0.1) is 5.82 Å². The van der Waals surface area contributed by atoms with Crippen molar-refractivity contribution in [3.63, 3.8) is 0 Å². The molecule has 0 bridgehead atoms. The Kier molecular flexibility index (Phi) is 3.79. The maximum Gasteiger partial charge on any atom is 0.123 e. The average Bonchev–Trinajstić information content (AvgIpc) is 2.59. The number of rotatable bonds is 4. The maximum absolute atomic E-state index is 13.1. The Morgan fingerprint density at radius 1 is 1.47 bits per heavy atom. The first-order valence-corrected chi connectivity index (χ1v) is 6.25. The third-order valence-electron chi connectivity index (χ3n) is 3.31. The van der Waals surface area contributed by atoms with E-state index in [1.165, 1.54) is 11.1 Å². The number of likely N-dealkylation sites (N-methyl/N-ethyl adjacent to an activating group) is 1. The van der Waals surface area contributed by atoms with Crippen molar-refractivity contribution in [1.82, 2.24) is 10.2 Å². The zero-order chi connectivity index (χ0) is 12.4. The van der Waals surface area contributed by atoms with E-state index >= 15 is 0 Å². The highest BCUT2D eigenvalue weighted by atomic mass is 19.1. The van der Waals surface area contributed by atoms with Crippen LogP contribution in [0.15, 0.2) is 18.2 Å². The van der Waals surface area contributed by atoms with E-state index in [4.69, 9.17) is 0 Å². The molecule has 0 aliphatic heterocycles. The molecule has 1 aromatic carbocycles. The van der Waals surface area contributed by atoms with E-state index in [-0.39, 0.29) is 5.82 Å². The van der Waals surface area contributed by atoms with E-state index in [0.717, 1.165) is 19.4 Å². The number of hydrogen-bond donors (Lipinski definition) is 1. The minimum Gasteiger partial charge on any atom is -0.308 e. The molecule has 1 aliphatic rings. The second kappa shape index (κ2) is 5.15. The summed E-state index contributed by atoms with van der Waals surface area (Å²) in [5, 5.41) is 3.62. The van der Waals surface area contributed by atoms with Crippen molar-refractivity contribution < 1.29 is 4.39 Å². The Balaban J connectivity index is 2.02. The van der Waals surface area contributed by atoms with Gasteiger partial charge in [-0.2, -0.15) is 0 Å². The molecule has 1 aromatic rings. The van der Waals surface area contributed by atoms with Crippen molar-refractivity contribution in [1.29, 1.82) is 0 Å². The predicted molar refractivity (Wildman–Crippen MR) is 68.6 cm³/mol. The van der Waals surface area contributed by atoms with Crippen LogP contribution in [0.5, 0.6) is 0 Å². The fraction of sp³-hybridized carbons (Fsp3) is 0.571. The van der Waals surface area contributed by atoms with Gasteiger partial charge >= 0.3 is 0 Å². The first kappa shape index (κ1) is 12.5. The molecule has 0 saturated heterocycles. The molecular formula is C14H21FN2. The topological polar surface area (TPSA) is 15.3 Å². The zero-order valence-electron chi connectivity index (χ0n) is 10.8. The van der Waals surface area contributed by atoms with E-state index in [1.54, 1.807) is 12.1 Å². The van der Waals surface area contributed by atoms with Crippen molar-refractivity contribution in [2.24, 2.45) is 0 Å². The molecule has 0 spiro atoms. The van der Waals surface area contributed by atoms with Crippen molar-refractivity contribution in [2.75, 3.05) is 20.6 Å². The second-order valence-corrected chi connectivity index (χ2v) is 5.26. The van der Waals surface area contributed by atoms with Gasteiger partial charge in [-0.05, 0) is 57.1 Å². The third-order valence-corrected chi connectivity index (χ3v) is 3.31. The number of benzene rings is 1. The Morgan fingerprint density at radius 3 is 2.94 bits per heavy atom. The van der Waals surface area contributed by atoms with E-state index in [0.29, 0.717) is 12.1 Å². The van der Waals surface area contributed by atoms with Gasteiger partial charge in [-0.1, -0.05) is 6.07 Å². The van der Waals surface area contributed by atoms with Gasteiger partial charge in [-0.3, -0.25) is 0 Å². The highest BCUT2D eigenvalue weighted by molar-refractivity contribution is 5.35. The fourth-order valence-corrected chi connectivity index (χ4v) is 2.70. The number of nitrogens with zero attached hydrogens (tertiary/aromatic N) is 1. The molecule has 2 nitrogen and oxygen atoms in total. The molecule has 1 N–H and O–H groups in total. The molecule has 1 aliphatic carbocycles. The summed E-state index contributed by atoms with van der Waals surface area (Å²) in [7, 11) is 4.16. The first-order valence-electron chi connectivity index (χ1n) is 6.25. The monoisotopic (exact) mass is 236 g/mol. The van der Waals surface area contributed by atoms with Crippen molar-refractivity contribution in [3.8, 4) is 0 Å². The lowest BCUT2D eigenvalue weighted by Crippen LogP contribution is -2.37. The third kappa shape index (κ3) is 3.05. The summed E-state index contributed by atoms with van der Waals surface area (Å²) in [6.07, 6.45) is 2.07. The summed E-state index contributed by atoms with van der Waals surface area (Å²) in [5.74, 6) is -0.120. The van der Waals surface area contributed by atoms with Crippen LogP contribution < -0.4 is 5.32 Å². The summed E-state index contributed by atoms with van der Waals surface area (Å²) >= 11 is 0. The maximum atomic E-state index is 13.1. The van der Waals surface area contributed by atoms with Crippen LogP contribution in [-0.4, -0.2) is 31.6 Å². The molecule has 2 rings (SSSR count). The predicted octanol–water partition coefficient (Wildman–Crippen LogP) is 2.35. The quantitative estimate of drug-likeness (QED) is 0.863. The number of nitrogens with one attached hydrogen (secondary N) is 1. The van der Waals surface area contributed by atoms with Crippen molar-refractivity contribution in [3.05, 3.63) is 35.1 Å². The molecular weight excluding hydrogens is 215 g/mol. The van der Waals surface area contributed by atoms with Crippen LogP contribution in [0.25, 0.3) is 0 Å². The van der Waals surface area contributed by atoms with Gasteiger partial charge in [0.05, 0.1) is 0 Å². The number of aryl methyl sites for hydroxylation is 1. The normalized spacial score (nSPS) is 20.6. The van der Waals surface area contributed by atoms with Crippen LogP contribution in [0.3, 0.4) is 0 Å². The van der Waals surface area contributed by atoms with Crippen LogP contribution in [-0.2, 0) is 6.42 Å². The summed E-state index contributed by atoms with van der Waals surface area (Å²) < 4.78 is 13.1. The van der Waals surface area contributed by atoms with Gasteiger partial charge < -0.3 is 10.2 Å². The SMILES string of the molecule is CC(CN(C)C)NC1CCc2cc(F)ccc21. The Morgan fingerprint density at radius 2 is 2.24 bits per heavy atom. The first-order chi connectivity index (χ1) is 8.06. The number of hydrogen-bond acceptors (Lipinski definition) is 2. The highest BCUT2D eigenvalue weighted by Crippen LogP contribution is 2.31. The van der Waals surface area contributed by atoms with Gasteiger partial charge in [-0.15, -0.1) is 0 Å². The smallest absolute Gasteiger partial charge is 0.123 e. The lowest BCUT2D eigenvalue weighted by atomic mass is 10.1. The summed E-state index contributed by atoms with van der Waals surface area (Å²) in [5.41, 5.74) is 2.44. The molecule has 94 valence electrons. The Labute approximate surface area is 103 Å². The van der Waals surface area contributed by atoms with E-state index in [2.05, 4.69) is 31.2 Å². The molecule has 0 fully saturated rings. The average molecular weight is 236 g/mol. The Hall–Kier alpha value is -0.930. The molecule has 0 amide bonds. The molecule has 0 aromatic heterocycles. The zero-order valence-corrected chi connectivity index (χ0v) is 10.8. The minimum absolute atomic E-state index is 0.120.